The van der Waals surface area contributed by atoms with Crippen LogP contribution < -0.4 is 10.1 Å². The topological polar surface area (TPSA) is 56.0 Å². The van der Waals surface area contributed by atoms with E-state index in [1.165, 1.54) is 37.9 Å². The molecule has 2 rings (SSSR count). The van der Waals surface area contributed by atoms with Crippen LogP contribution in [0.5, 0.6) is 5.75 Å². The number of hydrogen-bond donors (Lipinski definition) is 1. The van der Waals surface area contributed by atoms with Crippen molar-refractivity contribution in [1.29, 1.82) is 0 Å². The van der Waals surface area contributed by atoms with Gasteiger partial charge in [-0.15, -0.1) is 24.8 Å². The second-order valence-electron chi connectivity index (χ2n) is 5.79. The molecule has 0 aliphatic carbocycles. The Balaban J connectivity index is 0. The monoisotopic (exact) mass is 366 g/mol. The van der Waals surface area contributed by atoms with E-state index in [-0.39, 0.29) is 30.3 Å². The fourth-order valence-corrected chi connectivity index (χ4v) is 2.65. The Labute approximate surface area is 153 Å². The normalized spacial score (nSPS) is 15.6. The highest BCUT2D eigenvalue weighted by molar-refractivity contribution is 5.85. The lowest BCUT2D eigenvalue weighted by Crippen LogP contribution is -2.33. The van der Waals surface area contributed by atoms with Gasteiger partial charge >= 0.3 is 0 Å². The van der Waals surface area contributed by atoms with Crippen molar-refractivity contribution in [1.82, 2.24) is 10.2 Å². The number of piperidine rings is 1. The van der Waals surface area contributed by atoms with E-state index in [2.05, 4.69) is 41.4 Å². The number of nitrogens with one attached hydrogen (secondary N) is 1. The molecular weight excluding hydrogens is 335 g/mol. The highest BCUT2D eigenvalue weighted by atomic mass is 35.5. The smallest absolute Gasteiger partial charge is 0.119 e. The van der Waals surface area contributed by atoms with Crippen molar-refractivity contribution < 1.29 is 10.2 Å². The van der Waals surface area contributed by atoms with Crippen LogP contribution in [0.4, 0.5) is 0 Å². The molecule has 1 unspecified atom stereocenters. The van der Waals surface area contributed by atoms with Crippen LogP contribution in [0.25, 0.3) is 0 Å². The van der Waals surface area contributed by atoms with Gasteiger partial charge in [-0.25, -0.2) is 0 Å². The molecule has 1 aromatic carbocycles. The van der Waals surface area contributed by atoms with Gasteiger partial charge in [0.25, 0.3) is 0 Å². The lowest BCUT2D eigenvalue weighted by molar-refractivity contribution is 0.183. The predicted molar refractivity (Wildman–Crippen MR) is 103 cm³/mol. The summed E-state index contributed by atoms with van der Waals surface area (Å²) >= 11 is 0. The zero-order valence-electron chi connectivity index (χ0n) is 14.2. The van der Waals surface area contributed by atoms with Crippen LogP contribution in [0, 0.1) is 0 Å². The molecule has 1 fully saturated rings. The molecule has 3 N–H and O–H groups in total. The van der Waals surface area contributed by atoms with E-state index >= 15 is 0 Å². The molecule has 1 aromatic rings. The average molecular weight is 367 g/mol. The van der Waals surface area contributed by atoms with Gasteiger partial charge in [-0.05, 0) is 64.0 Å². The Bertz CT molecular complexity index is 385. The van der Waals surface area contributed by atoms with Crippen molar-refractivity contribution in [2.24, 2.45) is 0 Å². The predicted octanol–water partition coefficient (Wildman–Crippen LogP) is 2.72. The van der Waals surface area contributed by atoms with Gasteiger partial charge in [0.15, 0.2) is 0 Å². The van der Waals surface area contributed by atoms with Crippen molar-refractivity contribution in [3.05, 3.63) is 29.8 Å². The van der Waals surface area contributed by atoms with Crippen LogP contribution in [0.1, 0.15) is 31.7 Å². The van der Waals surface area contributed by atoms with E-state index in [4.69, 9.17) is 4.74 Å². The zero-order valence-corrected chi connectivity index (χ0v) is 15.8. The van der Waals surface area contributed by atoms with Crippen LogP contribution in [0.2, 0.25) is 0 Å². The van der Waals surface area contributed by atoms with Crippen LogP contribution in [-0.4, -0.2) is 49.7 Å². The molecule has 6 heteroatoms. The number of rotatable bonds is 7. The molecule has 23 heavy (non-hydrogen) atoms. The Morgan fingerprint density at radius 3 is 2.26 bits per heavy atom. The summed E-state index contributed by atoms with van der Waals surface area (Å²) in [5.74, 6) is 0.989. The van der Waals surface area contributed by atoms with Gasteiger partial charge in [-0.2, -0.15) is 0 Å². The minimum atomic E-state index is 0. The largest absolute Gasteiger partial charge is 0.492 e. The first-order chi connectivity index (χ1) is 9.78. The van der Waals surface area contributed by atoms with Crippen LogP contribution in [0.3, 0.4) is 0 Å². The molecule has 1 heterocycles. The third kappa shape index (κ3) is 9.38. The van der Waals surface area contributed by atoms with E-state index in [1.807, 2.05) is 7.05 Å². The van der Waals surface area contributed by atoms with Gasteiger partial charge < -0.3 is 15.5 Å². The maximum absolute atomic E-state index is 5.84. The van der Waals surface area contributed by atoms with Gasteiger partial charge in [0.05, 0.1) is 0 Å². The molecule has 136 valence electrons. The van der Waals surface area contributed by atoms with E-state index in [9.17, 15) is 0 Å². The van der Waals surface area contributed by atoms with Crippen molar-refractivity contribution in [3.63, 3.8) is 0 Å². The summed E-state index contributed by atoms with van der Waals surface area (Å²) in [6, 6.07) is 9.04. The molecule has 0 aromatic heterocycles. The molecule has 1 aliphatic heterocycles. The third-order valence-electron chi connectivity index (χ3n) is 4.08. The molecule has 1 aliphatic rings. The Kier molecular flexibility index (Phi) is 14.9. The Morgan fingerprint density at radius 2 is 1.70 bits per heavy atom. The fourth-order valence-electron chi connectivity index (χ4n) is 2.65. The summed E-state index contributed by atoms with van der Waals surface area (Å²) < 4.78 is 5.84. The highest BCUT2D eigenvalue weighted by Gasteiger charge is 2.09. The van der Waals surface area contributed by atoms with Gasteiger partial charge in [-0.1, -0.05) is 18.6 Å². The van der Waals surface area contributed by atoms with Crippen molar-refractivity contribution in [2.45, 2.75) is 38.6 Å². The molecular formula is C17H32Cl2N2O2. The maximum Gasteiger partial charge on any atom is 0.119 e. The molecule has 0 radical (unpaired) electrons. The first kappa shape index (κ1) is 24.7. The lowest BCUT2D eigenvalue weighted by Gasteiger charge is -2.26. The number of ether oxygens (including phenoxy) is 1. The second-order valence-corrected chi connectivity index (χ2v) is 5.79. The summed E-state index contributed by atoms with van der Waals surface area (Å²) in [6.07, 6.45) is 5.14. The molecule has 0 amide bonds. The molecule has 0 saturated carbocycles. The van der Waals surface area contributed by atoms with Gasteiger partial charge in [0.1, 0.15) is 12.4 Å². The SMILES string of the molecule is CNC(C)Cc1ccc(OCCN2CCCCC2)cc1.Cl.Cl.O. The summed E-state index contributed by atoms with van der Waals surface area (Å²) in [6.45, 7) is 6.53. The molecule has 1 saturated heterocycles. The number of halogens is 2. The molecule has 1 atom stereocenters. The van der Waals surface area contributed by atoms with E-state index in [0.717, 1.165) is 25.3 Å². The van der Waals surface area contributed by atoms with Crippen molar-refractivity contribution in [3.8, 4) is 5.75 Å². The number of nitrogens with zero attached hydrogens (tertiary/aromatic N) is 1. The van der Waals surface area contributed by atoms with Crippen molar-refractivity contribution in [2.75, 3.05) is 33.3 Å². The number of likely N-dealkylation sites (tertiary alicyclic amines) is 1. The zero-order chi connectivity index (χ0) is 14.2. The minimum Gasteiger partial charge on any atom is -0.492 e. The first-order valence-corrected chi connectivity index (χ1v) is 7.89. The van der Waals surface area contributed by atoms with Crippen molar-refractivity contribution >= 4 is 24.8 Å². The summed E-state index contributed by atoms with van der Waals surface area (Å²) in [7, 11) is 2.00. The second kappa shape index (κ2) is 13.9. The Hall–Kier alpha value is -0.520. The fraction of sp³-hybridized carbons (Fsp3) is 0.647. The number of hydrogen-bond acceptors (Lipinski definition) is 3. The Morgan fingerprint density at radius 1 is 1.09 bits per heavy atom. The van der Waals surface area contributed by atoms with Gasteiger partial charge in [0.2, 0.25) is 0 Å². The quantitative estimate of drug-likeness (QED) is 0.806. The van der Waals surface area contributed by atoms with Crippen LogP contribution in [-0.2, 0) is 6.42 Å². The minimum absolute atomic E-state index is 0. The van der Waals surface area contributed by atoms with Crippen LogP contribution in [0.15, 0.2) is 24.3 Å². The summed E-state index contributed by atoms with van der Waals surface area (Å²) in [5.41, 5.74) is 1.36. The highest BCUT2D eigenvalue weighted by Crippen LogP contribution is 2.14. The summed E-state index contributed by atoms with van der Waals surface area (Å²) in [5, 5.41) is 3.26. The van der Waals surface area contributed by atoms with E-state index < -0.39 is 0 Å². The molecule has 0 bridgehead atoms. The van der Waals surface area contributed by atoms with Crippen LogP contribution >= 0.6 is 24.8 Å². The lowest BCUT2D eigenvalue weighted by atomic mass is 10.1. The molecule has 4 nitrogen and oxygen atoms in total. The standard InChI is InChI=1S/C17H28N2O.2ClH.H2O/c1-15(18-2)14-16-6-8-17(9-7-16)20-13-12-19-10-4-3-5-11-19;;;/h6-9,15,18H,3-5,10-14H2,1-2H3;2*1H;1H2. The first-order valence-electron chi connectivity index (χ1n) is 7.89. The van der Waals surface area contributed by atoms with Gasteiger partial charge in [0, 0.05) is 12.6 Å². The third-order valence-corrected chi connectivity index (χ3v) is 4.08. The summed E-state index contributed by atoms with van der Waals surface area (Å²) in [4.78, 5) is 2.51. The number of benzene rings is 1. The molecule has 0 spiro atoms. The average Bonchev–Trinajstić information content (AvgIpc) is 2.50. The number of likely N-dealkylation sites (N-methyl/N-ethyl adjacent to an activating group) is 1. The van der Waals surface area contributed by atoms with E-state index in [1.54, 1.807) is 0 Å². The maximum atomic E-state index is 5.84. The van der Waals surface area contributed by atoms with Gasteiger partial charge in [-0.3, -0.25) is 4.90 Å². The van der Waals surface area contributed by atoms with E-state index in [0.29, 0.717) is 6.04 Å².